The third-order valence-corrected chi connectivity index (χ3v) is 7.50. The van der Waals surface area contributed by atoms with E-state index in [0.717, 1.165) is 12.1 Å². The van der Waals surface area contributed by atoms with Crippen molar-refractivity contribution in [2.45, 2.75) is 43.2 Å². The highest BCUT2D eigenvalue weighted by atomic mass is 35.5. The molecule has 2 unspecified atom stereocenters. The Bertz CT molecular complexity index is 1300. The topological polar surface area (TPSA) is 113 Å². The van der Waals surface area contributed by atoms with Crippen LogP contribution in [0.15, 0.2) is 36.5 Å². The third-order valence-electron chi connectivity index (χ3n) is 7.28. The van der Waals surface area contributed by atoms with Gasteiger partial charge in [0.25, 0.3) is 0 Å². The first-order chi connectivity index (χ1) is 16.9. The van der Waals surface area contributed by atoms with Crippen LogP contribution in [0.25, 0.3) is 0 Å². The molecule has 1 aromatic carbocycles. The fourth-order valence-corrected chi connectivity index (χ4v) is 5.77. The first kappa shape index (κ1) is 24.5. The zero-order valence-electron chi connectivity index (χ0n) is 18.8. The standard InChI is InChI=1S/C24H19ClF3N3O5/c1-22-16(32)9-23(36-22,6-7-35-17-5-3-13(25)11-30-17)19-18(22)20(33)31(21(19)34)14-4-2-12(10-29)15(8-14)24(26,27)28/h2-5,8,11,16,18-19,32H,6-7,9H2,1H3/t16-,18-,19+,22?,23?/m0/s1. The van der Waals surface area contributed by atoms with Crippen LogP contribution < -0.4 is 9.64 Å². The number of ether oxygens (including phenoxy) is 2. The van der Waals surface area contributed by atoms with Crippen LogP contribution in [-0.2, 0) is 20.5 Å². The summed E-state index contributed by atoms with van der Waals surface area (Å²) in [6.07, 6.45) is -4.36. The second-order valence-corrected chi connectivity index (χ2v) is 9.73. The van der Waals surface area contributed by atoms with Gasteiger partial charge in [0.1, 0.15) is 5.60 Å². The summed E-state index contributed by atoms with van der Waals surface area (Å²) in [7, 11) is 0. The minimum absolute atomic E-state index is 0.0389. The minimum Gasteiger partial charge on any atom is -0.478 e. The average molecular weight is 522 g/mol. The van der Waals surface area contributed by atoms with E-state index in [1.165, 1.54) is 19.2 Å². The number of aliphatic hydroxyl groups is 1. The highest BCUT2D eigenvalue weighted by molar-refractivity contribution is 6.30. The van der Waals surface area contributed by atoms with Crippen LogP contribution >= 0.6 is 11.6 Å². The molecule has 2 amide bonds. The number of pyridine rings is 1. The summed E-state index contributed by atoms with van der Waals surface area (Å²) in [6.45, 7) is 1.57. The molecule has 0 spiro atoms. The Morgan fingerprint density at radius 1 is 1.28 bits per heavy atom. The number of imide groups is 1. The summed E-state index contributed by atoms with van der Waals surface area (Å²) in [5.74, 6) is -3.31. The maximum Gasteiger partial charge on any atom is 0.417 e. The van der Waals surface area contributed by atoms with E-state index in [0.29, 0.717) is 16.0 Å². The number of anilines is 1. The summed E-state index contributed by atoms with van der Waals surface area (Å²) < 4.78 is 52.4. The largest absolute Gasteiger partial charge is 0.478 e. The monoisotopic (exact) mass is 521 g/mol. The molecule has 36 heavy (non-hydrogen) atoms. The number of fused-ring (bicyclic) bond motifs is 5. The number of hydrogen-bond donors (Lipinski definition) is 1. The van der Waals surface area contributed by atoms with E-state index in [2.05, 4.69) is 4.98 Å². The zero-order chi connectivity index (χ0) is 26.0. The summed E-state index contributed by atoms with van der Waals surface area (Å²) in [5.41, 5.74) is -4.82. The first-order valence-corrected chi connectivity index (χ1v) is 11.4. The number of hydrogen-bond acceptors (Lipinski definition) is 7. The highest BCUT2D eigenvalue weighted by Crippen LogP contribution is 2.62. The van der Waals surface area contributed by atoms with Gasteiger partial charge in [0, 0.05) is 25.1 Å². The van der Waals surface area contributed by atoms with Crippen molar-refractivity contribution in [1.82, 2.24) is 4.98 Å². The number of carbonyl (C=O) groups is 2. The third kappa shape index (κ3) is 3.55. The fraction of sp³-hybridized carbons (Fsp3) is 0.417. The Hall–Kier alpha value is -3.20. The van der Waals surface area contributed by atoms with Crippen LogP contribution in [0.1, 0.15) is 30.9 Å². The Morgan fingerprint density at radius 3 is 2.64 bits per heavy atom. The summed E-state index contributed by atoms with van der Waals surface area (Å²) in [5, 5.41) is 20.2. The van der Waals surface area contributed by atoms with Gasteiger partial charge in [0.2, 0.25) is 17.7 Å². The van der Waals surface area contributed by atoms with Crippen molar-refractivity contribution in [3.63, 3.8) is 0 Å². The van der Waals surface area contributed by atoms with Gasteiger partial charge in [0.05, 0.1) is 58.1 Å². The number of aromatic nitrogens is 1. The summed E-state index contributed by atoms with van der Waals surface area (Å²) in [6, 6.07) is 7.31. The van der Waals surface area contributed by atoms with Crippen molar-refractivity contribution in [3.05, 3.63) is 52.7 Å². The van der Waals surface area contributed by atoms with Crippen molar-refractivity contribution in [2.75, 3.05) is 11.5 Å². The smallest absolute Gasteiger partial charge is 0.417 e. The Kier molecular flexibility index (Phi) is 5.55. The van der Waals surface area contributed by atoms with Crippen LogP contribution in [0.3, 0.4) is 0 Å². The molecule has 1 N–H and O–H groups in total. The van der Waals surface area contributed by atoms with Crippen LogP contribution in [0, 0.1) is 23.2 Å². The van der Waals surface area contributed by atoms with E-state index in [1.54, 1.807) is 12.1 Å². The molecular weight excluding hydrogens is 503 g/mol. The number of halogens is 4. The van der Waals surface area contributed by atoms with Crippen molar-refractivity contribution < 1.29 is 37.3 Å². The molecule has 0 saturated carbocycles. The lowest BCUT2D eigenvalue weighted by Crippen LogP contribution is -2.49. The lowest BCUT2D eigenvalue weighted by atomic mass is 9.66. The van der Waals surface area contributed by atoms with Crippen molar-refractivity contribution in [2.24, 2.45) is 11.8 Å². The summed E-state index contributed by atoms with van der Waals surface area (Å²) >= 11 is 5.82. The van der Waals surface area contributed by atoms with Crippen molar-refractivity contribution in [1.29, 1.82) is 5.26 Å². The van der Waals surface area contributed by atoms with Gasteiger partial charge in [0.15, 0.2) is 0 Å². The molecule has 188 valence electrons. The number of alkyl halides is 3. The number of benzene rings is 1. The van der Waals surface area contributed by atoms with Gasteiger partial charge in [-0.05, 0) is 31.2 Å². The molecule has 4 heterocycles. The molecule has 5 atom stereocenters. The molecular formula is C24H19ClF3N3O5. The van der Waals surface area contributed by atoms with Crippen molar-refractivity contribution >= 4 is 29.1 Å². The van der Waals surface area contributed by atoms with Crippen LogP contribution in [0.4, 0.5) is 18.9 Å². The molecule has 8 nitrogen and oxygen atoms in total. The molecule has 3 fully saturated rings. The van der Waals surface area contributed by atoms with Crippen LogP contribution in [0.5, 0.6) is 5.88 Å². The van der Waals surface area contributed by atoms with E-state index in [9.17, 15) is 27.9 Å². The number of nitriles is 1. The normalized spacial score (nSPS) is 31.0. The first-order valence-electron chi connectivity index (χ1n) is 11.0. The van der Waals surface area contributed by atoms with Gasteiger partial charge in [-0.1, -0.05) is 11.6 Å². The predicted octanol–water partition coefficient (Wildman–Crippen LogP) is 3.49. The molecule has 3 aliphatic heterocycles. The van der Waals surface area contributed by atoms with E-state index >= 15 is 0 Å². The van der Waals surface area contributed by atoms with E-state index in [-0.39, 0.29) is 31.0 Å². The Morgan fingerprint density at radius 2 is 2.00 bits per heavy atom. The fourth-order valence-electron chi connectivity index (χ4n) is 5.66. The molecule has 1 aromatic heterocycles. The quantitative estimate of drug-likeness (QED) is 0.599. The van der Waals surface area contributed by atoms with Gasteiger partial charge >= 0.3 is 6.18 Å². The van der Waals surface area contributed by atoms with Gasteiger partial charge in [-0.2, -0.15) is 18.4 Å². The number of amides is 2. The second kappa shape index (κ2) is 8.16. The molecule has 3 saturated heterocycles. The average Bonchev–Trinajstić information content (AvgIpc) is 3.35. The minimum atomic E-state index is -4.86. The van der Waals surface area contributed by atoms with Gasteiger partial charge in [-0.15, -0.1) is 0 Å². The summed E-state index contributed by atoms with van der Waals surface area (Å²) in [4.78, 5) is 31.7. The lowest BCUT2D eigenvalue weighted by molar-refractivity contribution is -0.138. The molecule has 2 aromatic rings. The molecule has 0 radical (unpaired) electrons. The van der Waals surface area contributed by atoms with E-state index in [1.807, 2.05) is 0 Å². The number of carbonyl (C=O) groups excluding carboxylic acids is 2. The van der Waals surface area contributed by atoms with Crippen molar-refractivity contribution in [3.8, 4) is 11.9 Å². The van der Waals surface area contributed by atoms with Crippen LogP contribution in [0.2, 0.25) is 5.02 Å². The molecule has 5 rings (SSSR count). The number of rotatable bonds is 5. The number of nitrogens with zero attached hydrogens (tertiary/aromatic N) is 3. The molecule has 2 bridgehead atoms. The molecule has 3 aliphatic rings. The zero-order valence-corrected chi connectivity index (χ0v) is 19.5. The molecule has 0 aliphatic carbocycles. The second-order valence-electron chi connectivity index (χ2n) is 9.29. The SMILES string of the molecule is CC12OC(CCOc3ccc(Cl)cn3)(C[C@@H]1O)[C@H]1C(=O)N(c3ccc(C#N)c(C(F)(F)F)c3)C(=O)[C@H]12. The Labute approximate surface area is 208 Å². The molecule has 12 heteroatoms. The lowest BCUT2D eigenvalue weighted by Gasteiger charge is -2.33. The maximum atomic E-state index is 13.6. The van der Waals surface area contributed by atoms with Gasteiger partial charge < -0.3 is 14.6 Å². The Balaban J connectivity index is 1.46. The maximum absolute atomic E-state index is 13.6. The number of aliphatic hydroxyl groups excluding tert-OH is 1. The van der Waals surface area contributed by atoms with Crippen LogP contribution in [-0.4, -0.2) is 45.8 Å². The predicted molar refractivity (Wildman–Crippen MR) is 118 cm³/mol. The van der Waals surface area contributed by atoms with E-state index < -0.39 is 58.3 Å². The van der Waals surface area contributed by atoms with E-state index in [4.69, 9.17) is 26.3 Å². The van der Waals surface area contributed by atoms with Gasteiger partial charge in [-0.25, -0.2) is 9.88 Å². The highest BCUT2D eigenvalue weighted by Gasteiger charge is 2.77. The van der Waals surface area contributed by atoms with Gasteiger partial charge in [-0.3, -0.25) is 9.59 Å².